The highest BCUT2D eigenvalue weighted by molar-refractivity contribution is 7.99. The number of rotatable bonds is 4. The standard InChI is InChI=1S/C16H19NOS/c18-16(12-19-11-13-5-2-1-3-6-13)17-14-7-4-8-15(17)10-9-14/h1-7,14-15H,8-12H2. The minimum Gasteiger partial charge on any atom is -0.332 e. The van der Waals surface area contributed by atoms with E-state index < -0.39 is 0 Å². The molecule has 3 heteroatoms. The molecule has 0 N–H and O–H groups in total. The summed E-state index contributed by atoms with van der Waals surface area (Å²) in [5, 5.41) is 0. The molecule has 2 aliphatic rings. The van der Waals surface area contributed by atoms with Crippen LogP contribution in [0, 0.1) is 0 Å². The molecule has 1 saturated heterocycles. The third-order valence-corrected chi connectivity index (χ3v) is 4.93. The molecule has 2 heterocycles. The van der Waals surface area contributed by atoms with Crippen molar-refractivity contribution in [2.75, 3.05) is 5.75 Å². The number of carbonyl (C=O) groups is 1. The molecule has 1 amide bonds. The zero-order valence-electron chi connectivity index (χ0n) is 11.0. The molecule has 100 valence electrons. The first kappa shape index (κ1) is 12.8. The molecule has 1 aromatic carbocycles. The summed E-state index contributed by atoms with van der Waals surface area (Å²) < 4.78 is 0. The number of amides is 1. The lowest BCUT2D eigenvalue weighted by Crippen LogP contribution is -2.43. The lowest BCUT2D eigenvalue weighted by Gasteiger charge is -2.31. The van der Waals surface area contributed by atoms with Gasteiger partial charge >= 0.3 is 0 Å². The largest absolute Gasteiger partial charge is 0.332 e. The second-order valence-electron chi connectivity index (χ2n) is 5.24. The first-order chi connectivity index (χ1) is 9.34. The van der Waals surface area contributed by atoms with Crippen LogP contribution in [-0.4, -0.2) is 28.6 Å². The normalized spacial score (nSPS) is 24.7. The van der Waals surface area contributed by atoms with Gasteiger partial charge in [-0.1, -0.05) is 42.5 Å². The second-order valence-corrected chi connectivity index (χ2v) is 6.23. The molecule has 0 spiro atoms. The Bertz CT molecular complexity index is 471. The van der Waals surface area contributed by atoms with E-state index >= 15 is 0 Å². The zero-order chi connectivity index (χ0) is 13.1. The van der Waals surface area contributed by atoms with Crippen molar-refractivity contribution in [1.29, 1.82) is 0 Å². The lowest BCUT2D eigenvalue weighted by atomic mass is 10.1. The van der Waals surface area contributed by atoms with Gasteiger partial charge in [-0.3, -0.25) is 4.79 Å². The van der Waals surface area contributed by atoms with Crippen molar-refractivity contribution in [2.45, 2.75) is 37.1 Å². The number of carbonyl (C=O) groups excluding carboxylic acids is 1. The minimum atomic E-state index is 0.317. The average Bonchev–Trinajstić information content (AvgIpc) is 2.70. The van der Waals surface area contributed by atoms with Crippen LogP contribution in [0.4, 0.5) is 0 Å². The summed E-state index contributed by atoms with van der Waals surface area (Å²) in [6.07, 6.45) is 7.82. The fourth-order valence-electron chi connectivity index (χ4n) is 3.02. The van der Waals surface area contributed by atoms with Gasteiger partial charge in [0.05, 0.1) is 11.8 Å². The van der Waals surface area contributed by atoms with Gasteiger partial charge in [0.25, 0.3) is 0 Å². The van der Waals surface area contributed by atoms with Crippen LogP contribution < -0.4 is 0 Å². The smallest absolute Gasteiger partial charge is 0.233 e. The van der Waals surface area contributed by atoms with E-state index in [0.717, 1.165) is 18.6 Å². The molecule has 2 atom stereocenters. The van der Waals surface area contributed by atoms with E-state index in [1.165, 1.54) is 12.0 Å². The van der Waals surface area contributed by atoms with Crippen LogP contribution in [0.25, 0.3) is 0 Å². The van der Waals surface area contributed by atoms with Gasteiger partial charge in [0.2, 0.25) is 5.91 Å². The maximum absolute atomic E-state index is 12.3. The Morgan fingerprint density at radius 1 is 1.26 bits per heavy atom. The fourth-order valence-corrected chi connectivity index (χ4v) is 3.87. The van der Waals surface area contributed by atoms with Gasteiger partial charge in [0.1, 0.15) is 0 Å². The molecule has 0 aliphatic carbocycles. The SMILES string of the molecule is O=C(CSCc1ccccc1)N1C2C=CCC1CC2. The molecular weight excluding hydrogens is 254 g/mol. The molecule has 0 saturated carbocycles. The Morgan fingerprint density at radius 2 is 2.11 bits per heavy atom. The highest BCUT2D eigenvalue weighted by atomic mass is 32.2. The van der Waals surface area contributed by atoms with Gasteiger partial charge in [-0.05, 0) is 24.8 Å². The van der Waals surface area contributed by atoms with Crippen molar-refractivity contribution in [2.24, 2.45) is 0 Å². The van der Waals surface area contributed by atoms with Crippen LogP contribution in [0.15, 0.2) is 42.5 Å². The van der Waals surface area contributed by atoms with E-state index in [2.05, 4.69) is 29.2 Å². The van der Waals surface area contributed by atoms with Crippen LogP contribution >= 0.6 is 11.8 Å². The summed E-state index contributed by atoms with van der Waals surface area (Å²) in [4.78, 5) is 14.4. The summed E-state index contributed by atoms with van der Waals surface area (Å²) in [6, 6.07) is 11.2. The molecule has 2 bridgehead atoms. The summed E-state index contributed by atoms with van der Waals surface area (Å²) in [6.45, 7) is 0. The molecule has 1 aromatic rings. The lowest BCUT2D eigenvalue weighted by molar-refractivity contribution is -0.130. The molecule has 2 nitrogen and oxygen atoms in total. The van der Waals surface area contributed by atoms with Gasteiger partial charge < -0.3 is 4.90 Å². The maximum atomic E-state index is 12.3. The van der Waals surface area contributed by atoms with Gasteiger partial charge in [-0.25, -0.2) is 0 Å². The van der Waals surface area contributed by atoms with Crippen molar-refractivity contribution in [3.8, 4) is 0 Å². The second kappa shape index (κ2) is 5.83. The van der Waals surface area contributed by atoms with Crippen molar-refractivity contribution >= 4 is 17.7 Å². The van der Waals surface area contributed by atoms with Crippen molar-refractivity contribution in [3.05, 3.63) is 48.0 Å². The van der Waals surface area contributed by atoms with Gasteiger partial charge in [-0.2, -0.15) is 0 Å². The number of nitrogens with zero attached hydrogens (tertiary/aromatic N) is 1. The Labute approximate surface area is 118 Å². The quantitative estimate of drug-likeness (QED) is 0.785. The summed E-state index contributed by atoms with van der Waals surface area (Å²) >= 11 is 1.72. The van der Waals surface area contributed by atoms with Crippen molar-refractivity contribution in [3.63, 3.8) is 0 Å². The Balaban J connectivity index is 1.51. The average molecular weight is 273 g/mol. The van der Waals surface area contributed by atoms with Crippen LogP contribution in [0.3, 0.4) is 0 Å². The van der Waals surface area contributed by atoms with E-state index in [1.807, 2.05) is 18.2 Å². The van der Waals surface area contributed by atoms with Gasteiger partial charge in [0.15, 0.2) is 0 Å². The van der Waals surface area contributed by atoms with Gasteiger partial charge in [-0.15, -0.1) is 11.8 Å². The number of hydrogen-bond donors (Lipinski definition) is 0. The Morgan fingerprint density at radius 3 is 2.89 bits per heavy atom. The molecule has 0 radical (unpaired) electrons. The van der Waals surface area contributed by atoms with Crippen LogP contribution in [0.5, 0.6) is 0 Å². The first-order valence-corrected chi connectivity index (χ1v) is 8.09. The van der Waals surface area contributed by atoms with Crippen LogP contribution in [0.2, 0.25) is 0 Å². The fraction of sp³-hybridized carbons (Fsp3) is 0.438. The predicted molar refractivity (Wildman–Crippen MR) is 80.0 cm³/mol. The summed E-state index contributed by atoms with van der Waals surface area (Å²) in [5.41, 5.74) is 1.29. The molecular formula is C16H19NOS. The van der Waals surface area contributed by atoms with Gasteiger partial charge in [0, 0.05) is 11.8 Å². The third kappa shape index (κ3) is 2.86. The molecule has 2 unspecified atom stereocenters. The van der Waals surface area contributed by atoms with E-state index in [9.17, 15) is 4.79 Å². The van der Waals surface area contributed by atoms with E-state index in [-0.39, 0.29) is 0 Å². The number of benzene rings is 1. The first-order valence-electron chi connectivity index (χ1n) is 6.94. The van der Waals surface area contributed by atoms with Crippen LogP contribution in [0.1, 0.15) is 24.8 Å². The Hall–Kier alpha value is -1.22. The zero-order valence-corrected chi connectivity index (χ0v) is 11.8. The number of hydrogen-bond acceptors (Lipinski definition) is 2. The highest BCUT2D eigenvalue weighted by Crippen LogP contribution is 2.32. The summed E-state index contributed by atoms with van der Waals surface area (Å²) in [7, 11) is 0. The highest BCUT2D eigenvalue weighted by Gasteiger charge is 2.36. The number of fused-ring (bicyclic) bond motifs is 2. The minimum absolute atomic E-state index is 0.317. The predicted octanol–water partition coefficient (Wildman–Crippen LogP) is 3.24. The molecule has 1 fully saturated rings. The molecule has 0 aromatic heterocycles. The van der Waals surface area contributed by atoms with Crippen molar-refractivity contribution in [1.82, 2.24) is 4.90 Å². The monoisotopic (exact) mass is 273 g/mol. The van der Waals surface area contributed by atoms with Crippen molar-refractivity contribution < 1.29 is 4.79 Å². The Kier molecular flexibility index (Phi) is 3.92. The molecule has 19 heavy (non-hydrogen) atoms. The number of thioether (sulfide) groups is 1. The maximum Gasteiger partial charge on any atom is 0.233 e. The molecule has 3 rings (SSSR count). The molecule has 2 aliphatic heterocycles. The third-order valence-electron chi connectivity index (χ3n) is 3.94. The summed E-state index contributed by atoms with van der Waals surface area (Å²) in [5.74, 6) is 1.85. The van der Waals surface area contributed by atoms with E-state index in [0.29, 0.717) is 23.7 Å². The topological polar surface area (TPSA) is 20.3 Å². The van der Waals surface area contributed by atoms with E-state index in [4.69, 9.17) is 0 Å². The van der Waals surface area contributed by atoms with E-state index in [1.54, 1.807) is 11.8 Å². The van der Waals surface area contributed by atoms with Crippen LogP contribution in [-0.2, 0) is 10.5 Å².